The van der Waals surface area contributed by atoms with Gasteiger partial charge in [-0.3, -0.25) is 4.99 Å². The molecule has 1 aromatic heterocycles. The lowest BCUT2D eigenvalue weighted by Gasteiger charge is -2.11. The molecule has 154 valence electrons. The summed E-state index contributed by atoms with van der Waals surface area (Å²) in [6.07, 6.45) is 1.65. The number of aromatic carboxylic acids is 1. The lowest BCUT2D eigenvalue weighted by atomic mass is 10.2. The summed E-state index contributed by atoms with van der Waals surface area (Å²) in [5.41, 5.74) is 4.54. The van der Waals surface area contributed by atoms with Crippen LogP contribution in [0.25, 0.3) is 5.69 Å². The predicted octanol–water partition coefficient (Wildman–Crippen LogP) is 5.37. The van der Waals surface area contributed by atoms with Crippen molar-refractivity contribution < 1.29 is 19.4 Å². The van der Waals surface area contributed by atoms with Gasteiger partial charge in [-0.1, -0.05) is 17.7 Å². The average molecular weight is 425 g/mol. The highest BCUT2D eigenvalue weighted by atomic mass is 35.5. The number of carbonyl (C=O) groups is 2. The van der Waals surface area contributed by atoms with Gasteiger partial charge >= 0.3 is 11.9 Å². The van der Waals surface area contributed by atoms with Gasteiger partial charge in [0.1, 0.15) is 0 Å². The van der Waals surface area contributed by atoms with Gasteiger partial charge in [-0.05, 0) is 63.2 Å². The number of carbonyl (C=O) groups excluding carboxylic acids is 1. The first-order chi connectivity index (χ1) is 14.3. The van der Waals surface area contributed by atoms with Crippen molar-refractivity contribution in [1.29, 1.82) is 0 Å². The second-order valence-corrected chi connectivity index (χ2v) is 7.07. The van der Waals surface area contributed by atoms with Crippen molar-refractivity contribution in [3.63, 3.8) is 0 Å². The quantitative estimate of drug-likeness (QED) is 0.426. The van der Waals surface area contributed by atoms with E-state index in [4.69, 9.17) is 21.4 Å². The number of ether oxygens (including phenoxy) is 1. The Balaban J connectivity index is 1.97. The number of halogens is 1. The summed E-state index contributed by atoms with van der Waals surface area (Å²) in [5, 5.41) is 9.53. The zero-order valence-electron chi connectivity index (χ0n) is 16.8. The summed E-state index contributed by atoms with van der Waals surface area (Å²) in [6.45, 7) is 5.99. The van der Waals surface area contributed by atoms with Crippen LogP contribution in [0.4, 0.5) is 5.69 Å². The summed E-state index contributed by atoms with van der Waals surface area (Å²) in [5.74, 6) is -1.40. The van der Waals surface area contributed by atoms with Gasteiger partial charge in [0.05, 0.1) is 28.4 Å². The fraction of sp³-hybridized carbons (Fsp3) is 0.174. The van der Waals surface area contributed by atoms with Gasteiger partial charge in [-0.25, -0.2) is 9.59 Å². The van der Waals surface area contributed by atoms with Crippen LogP contribution in [0.1, 0.15) is 44.6 Å². The Morgan fingerprint density at radius 3 is 2.60 bits per heavy atom. The number of rotatable bonds is 6. The van der Waals surface area contributed by atoms with Crippen molar-refractivity contribution in [2.75, 3.05) is 6.61 Å². The van der Waals surface area contributed by atoms with Crippen LogP contribution in [-0.2, 0) is 4.74 Å². The van der Waals surface area contributed by atoms with Crippen LogP contribution in [-0.4, -0.2) is 34.4 Å². The molecule has 1 N–H and O–H groups in total. The number of carboxylic acids is 1. The molecule has 0 aliphatic rings. The Bertz CT molecular complexity index is 1150. The van der Waals surface area contributed by atoms with Gasteiger partial charge in [0.15, 0.2) is 0 Å². The molecule has 0 radical (unpaired) electrons. The summed E-state index contributed by atoms with van der Waals surface area (Å²) in [4.78, 5) is 27.6. The molecular weight excluding hydrogens is 404 g/mol. The third-order valence-electron chi connectivity index (χ3n) is 4.62. The number of hydrogen-bond acceptors (Lipinski definition) is 4. The van der Waals surface area contributed by atoms with Crippen molar-refractivity contribution in [1.82, 2.24) is 4.57 Å². The molecule has 0 bridgehead atoms. The monoisotopic (exact) mass is 424 g/mol. The van der Waals surface area contributed by atoms with E-state index in [1.165, 1.54) is 18.2 Å². The maximum atomic E-state index is 12.1. The maximum absolute atomic E-state index is 12.1. The van der Waals surface area contributed by atoms with Crippen LogP contribution in [0.15, 0.2) is 53.5 Å². The number of aromatic nitrogens is 1. The van der Waals surface area contributed by atoms with E-state index in [0.717, 1.165) is 22.6 Å². The van der Waals surface area contributed by atoms with E-state index in [0.29, 0.717) is 22.9 Å². The van der Waals surface area contributed by atoms with Crippen LogP contribution >= 0.6 is 11.6 Å². The van der Waals surface area contributed by atoms with E-state index >= 15 is 0 Å². The average Bonchev–Trinajstić information content (AvgIpc) is 3.00. The topological polar surface area (TPSA) is 80.9 Å². The number of benzene rings is 2. The largest absolute Gasteiger partial charge is 0.478 e. The second-order valence-electron chi connectivity index (χ2n) is 6.66. The number of aryl methyl sites for hydroxylation is 1. The number of nitrogens with zero attached hydrogens (tertiary/aromatic N) is 2. The highest BCUT2D eigenvalue weighted by Gasteiger charge is 2.13. The molecule has 7 heteroatoms. The van der Waals surface area contributed by atoms with Crippen molar-refractivity contribution in [3.05, 3.63) is 81.6 Å². The predicted molar refractivity (Wildman–Crippen MR) is 117 cm³/mol. The SMILES string of the molecule is CCOC(=O)c1cccc(-n2c(C)cc(C=Nc3cc(C(=O)O)ccc3Cl)c2C)c1. The molecule has 2 aromatic carbocycles. The fourth-order valence-corrected chi connectivity index (χ4v) is 3.35. The smallest absolute Gasteiger partial charge is 0.338 e. The van der Waals surface area contributed by atoms with Crippen molar-refractivity contribution in [2.24, 2.45) is 4.99 Å². The van der Waals surface area contributed by atoms with E-state index in [1.54, 1.807) is 25.3 Å². The summed E-state index contributed by atoms with van der Waals surface area (Å²) in [6, 6.07) is 13.6. The molecule has 3 aromatic rings. The molecule has 0 fully saturated rings. The van der Waals surface area contributed by atoms with Crippen LogP contribution < -0.4 is 0 Å². The first-order valence-electron chi connectivity index (χ1n) is 9.35. The lowest BCUT2D eigenvalue weighted by Crippen LogP contribution is -2.06. The van der Waals surface area contributed by atoms with Crippen LogP contribution in [0, 0.1) is 13.8 Å². The lowest BCUT2D eigenvalue weighted by molar-refractivity contribution is 0.0525. The van der Waals surface area contributed by atoms with Gasteiger partial charge in [0, 0.05) is 28.9 Å². The van der Waals surface area contributed by atoms with Gasteiger partial charge in [-0.15, -0.1) is 0 Å². The first kappa shape index (κ1) is 21.3. The summed E-state index contributed by atoms with van der Waals surface area (Å²) >= 11 is 6.16. The van der Waals surface area contributed by atoms with E-state index in [-0.39, 0.29) is 11.5 Å². The van der Waals surface area contributed by atoms with Gasteiger partial charge in [0.2, 0.25) is 0 Å². The normalized spacial score (nSPS) is 11.1. The van der Waals surface area contributed by atoms with Crippen LogP contribution in [0.2, 0.25) is 5.02 Å². The Morgan fingerprint density at radius 2 is 1.90 bits per heavy atom. The van der Waals surface area contributed by atoms with E-state index in [2.05, 4.69) is 4.99 Å². The van der Waals surface area contributed by atoms with E-state index in [1.807, 2.05) is 36.6 Å². The van der Waals surface area contributed by atoms with Crippen LogP contribution in [0.3, 0.4) is 0 Å². The minimum atomic E-state index is -1.04. The highest BCUT2D eigenvalue weighted by Crippen LogP contribution is 2.27. The van der Waals surface area contributed by atoms with Gasteiger partial charge in [0.25, 0.3) is 0 Å². The highest BCUT2D eigenvalue weighted by molar-refractivity contribution is 6.33. The van der Waals surface area contributed by atoms with Crippen LogP contribution in [0.5, 0.6) is 0 Å². The van der Waals surface area contributed by atoms with Gasteiger partial charge < -0.3 is 14.4 Å². The molecule has 0 saturated carbocycles. The molecule has 6 nitrogen and oxygen atoms in total. The molecule has 0 atom stereocenters. The standard InChI is InChI=1S/C23H21ClN2O4/c1-4-30-23(29)17-6-5-7-19(11-17)26-14(2)10-18(15(26)3)13-25-21-12-16(22(27)28)8-9-20(21)24/h5-13H,4H2,1-3H3,(H,27,28). The molecule has 1 heterocycles. The number of esters is 1. The number of aliphatic imine (C=N–C) groups is 1. The Morgan fingerprint density at radius 1 is 1.13 bits per heavy atom. The minimum absolute atomic E-state index is 0.118. The second kappa shape index (κ2) is 8.97. The Labute approximate surface area is 179 Å². The third kappa shape index (κ3) is 4.44. The molecular formula is C23H21ClN2O4. The Kier molecular flexibility index (Phi) is 6.37. The molecule has 0 spiro atoms. The van der Waals surface area contributed by atoms with Crippen molar-refractivity contribution in [3.8, 4) is 5.69 Å². The molecule has 0 aliphatic carbocycles. The minimum Gasteiger partial charge on any atom is -0.478 e. The van der Waals surface area contributed by atoms with E-state index < -0.39 is 5.97 Å². The Hall–Kier alpha value is -3.38. The fourth-order valence-electron chi connectivity index (χ4n) is 3.19. The maximum Gasteiger partial charge on any atom is 0.338 e. The first-order valence-corrected chi connectivity index (χ1v) is 9.73. The zero-order chi connectivity index (χ0) is 21.8. The molecule has 0 amide bonds. The molecule has 30 heavy (non-hydrogen) atoms. The number of hydrogen-bond donors (Lipinski definition) is 1. The third-order valence-corrected chi connectivity index (χ3v) is 4.94. The van der Waals surface area contributed by atoms with Gasteiger partial charge in [-0.2, -0.15) is 0 Å². The van der Waals surface area contributed by atoms with Crippen molar-refractivity contribution >= 4 is 35.4 Å². The molecule has 3 rings (SSSR count). The van der Waals surface area contributed by atoms with Crippen molar-refractivity contribution in [2.45, 2.75) is 20.8 Å². The molecule has 0 saturated heterocycles. The summed E-state index contributed by atoms with van der Waals surface area (Å²) < 4.78 is 7.10. The summed E-state index contributed by atoms with van der Waals surface area (Å²) in [7, 11) is 0. The zero-order valence-corrected chi connectivity index (χ0v) is 17.6. The number of carboxylic acid groups (broad SMARTS) is 1. The molecule has 0 aliphatic heterocycles. The van der Waals surface area contributed by atoms with E-state index in [9.17, 15) is 9.59 Å². The molecule has 0 unspecified atom stereocenters.